The normalized spacial score (nSPS) is 31.0. The van der Waals surface area contributed by atoms with Gasteiger partial charge in [0, 0.05) is 23.3 Å². The molecule has 2 unspecified atom stereocenters. The van der Waals surface area contributed by atoms with Gasteiger partial charge in [-0.25, -0.2) is 9.59 Å². The van der Waals surface area contributed by atoms with Crippen molar-refractivity contribution in [3.05, 3.63) is 23.3 Å². The third-order valence-corrected chi connectivity index (χ3v) is 2.34. The van der Waals surface area contributed by atoms with Crippen LogP contribution >= 0.6 is 0 Å². The van der Waals surface area contributed by atoms with Crippen molar-refractivity contribution in [3.8, 4) is 0 Å². The van der Waals surface area contributed by atoms with Crippen LogP contribution in [-0.2, 0) is 19.1 Å². The van der Waals surface area contributed by atoms with Gasteiger partial charge in [-0.1, -0.05) is 0 Å². The summed E-state index contributed by atoms with van der Waals surface area (Å²) in [7, 11) is 0. The van der Waals surface area contributed by atoms with Gasteiger partial charge in [0.25, 0.3) is 0 Å². The number of rotatable bonds is 1. The van der Waals surface area contributed by atoms with Crippen LogP contribution in [-0.4, -0.2) is 24.1 Å². The van der Waals surface area contributed by atoms with Crippen molar-refractivity contribution in [1.29, 1.82) is 0 Å². The Morgan fingerprint density at radius 2 is 1.29 bits per heavy atom. The van der Waals surface area contributed by atoms with Gasteiger partial charge in [0.2, 0.25) is 0 Å². The molecule has 0 N–H and O–H groups in total. The molecule has 0 aromatic rings. The molecule has 74 valence electrons. The second kappa shape index (κ2) is 2.97. The van der Waals surface area contributed by atoms with Gasteiger partial charge in [-0.15, -0.1) is 0 Å². The minimum Gasteiger partial charge on any atom is -0.455 e. The summed E-state index contributed by atoms with van der Waals surface area (Å²) < 4.78 is 9.86. The van der Waals surface area contributed by atoms with E-state index in [0.29, 0.717) is 0 Å². The zero-order valence-corrected chi connectivity index (χ0v) is 7.94. The van der Waals surface area contributed by atoms with Gasteiger partial charge in [-0.2, -0.15) is 0 Å². The molecule has 14 heavy (non-hydrogen) atoms. The molecular formula is C10H10O4. The fraction of sp³-hybridized carbons (Fsp3) is 0.400. The van der Waals surface area contributed by atoms with Crippen LogP contribution in [0.3, 0.4) is 0 Å². The van der Waals surface area contributed by atoms with Gasteiger partial charge >= 0.3 is 11.9 Å². The summed E-state index contributed by atoms with van der Waals surface area (Å²) >= 11 is 0. The van der Waals surface area contributed by atoms with Gasteiger partial charge < -0.3 is 9.47 Å². The monoisotopic (exact) mass is 194 g/mol. The Labute approximate surface area is 81.2 Å². The number of cyclic esters (lactones) is 2. The first-order valence-corrected chi connectivity index (χ1v) is 4.42. The number of hydrogen-bond acceptors (Lipinski definition) is 4. The van der Waals surface area contributed by atoms with Crippen molar-refractivity contribution in [2.45, 2.75) is 26.1 Å². The number of carbonyl (C=O) groups excluding carboxylic acids is 2. The van der Waals surface area contributed by atoms with E-state index in [1.54, 1.807) is 13.8 Å². The number of carbonyl (C=O) groups is 2. The lowest BCUT2D eigenvalue weighted by molar-refractivity contribution is -0.139. The zero-order chi connectivity index (χ0) is 10.3. The fourth-order valence-electron chi connectivity index (χ4n) is 1.67. The molecule has 0 amide bonds. The molecule has 0 spiro atoms. The van der Waals surface area contributed by atoms with Gasteiger partial charge in [0.15, 0.2) is 0 Å². The Hall–Kier alpha value is -1.58. The topological polar surface area (TPSA) is 52.6 Å². The lowest BCUT2D eigenvalue weighted by Crippen LogP contribution is -2.13. The Morgan fingerprint density at radius 1 is 0.929 bits per heavy atom. The lowest BCUT2D eigenvalue weighted by atomic mass is 9.99. The fourth-order valence-corrected chi connectivity index (χ4v) is 1.67. The second-order valence-corrected chi connectivity index (χ2v) is 3.36. The maximum Gasteiger partial charge on any atom is 0.331 e. The second-order valence-electron chi connectivity index (χ2n) is 3.36. The van der Waals surface area contributed by atoms with E-state index in [1.807, 2.05) is 0 Å². The quantitative estimate of drug-likeness (QED) is 0.577. The molecule has 0 aromatic carbocycles. The number of hydrogen-bond donors (Lipinski definition) is 0. The van der Waals surface area contributed by atoms with Gasteiger partial charge in [-0.3, -0.25) is 0 Å². The van der Waals surface area contributed by atoms with Crippen LogP contribution < -0.4 is 0 Å². The molecule has 0 saturated carbocycles. The highest BCUT2D eigenvalue weighted by Crippen LogP contribution is 2.29. The van der Waals surface area contributed by atoms with E-state index in [-0.39, 0.29) is 24.1 Å². The van der Waals surface area contributed by atoms with E-state index >= 15 is 0 Å². The molecule has 4 heteroatoms. The van der Waals surface area contributed by atoms with E-state index in [2.05, 4.69) is 0 Å². The van der Waals surface area contributed by atoms with Crippen molar-refractivity contribution < 1.29 is 19.1 Å². The van der Waals surface area contributed by atoms with Gasteiger partial charge in [-0.05, 0) is 13.8 Å². The molecule has 4 nitrogen and oxygen atoms in total. The highest BCUT2D eigenvalue weighted by atomic mass is 16.6. The van der Waals surface area contributed by atoms with Crippen LogP contribution in [0.2, 0.25) is 0 Å². The first kappa shape index (κ1) is 8.99. The standard InChI is InChI=1S/C10H10O4/c1-5-7(3-9(11)13-5)8-4-10(12)14-6(8)2/h3-6H,1-2H3. The van der Waals surface area contributed by atoms with Crippen molar-refractivity contribution in [1.82, 2.24) is 0 Å². The Balaban J connectivity index is 2.32. The van der Waals surface area contributed by atoms with Gasteiger partial charge in [0.05, 0.1) is 0 Å². The van der Waals surface area contributed by atoms with Crippen LogP contribution in [0.4, 0.5) is 0 Å². The Bertz CT molecular complexity index is 328. The SMILES string of the molecule is CC1OC(=O)C=C1C1=CC(=O)OC1C. The average Bonchev–Trinajstić information content (AvgIpc) is 2.55. The van der Waals surface area contributed by atoms with Crippen LogP contribution in [0.1, 0.15) is 13.8 Å². The van der Waals surface area contributed by atoms with Crippen LogP contribution in [0.15, 0.2) is 23.3 Å². The number of ether oxygens (including phenoxy) is 2. The molecule has 0 saturated heterocycles. The maximum atomic E-state index is 11.0. The van der Waals surface area contributed by atoms with Crippen molar-refractivity contribution >= 4 is 11.9 Å². The molecule has 2 aliphatic heterocycles. The maximum absolute atomic E-state index is 11.0. The highest BCUT2D eigenvalue weighted by molar-refractivity contribution is 5.91. The average molecular weight is 194 g/mol. The summed E-state index contributed by atoms with van der Waals surface area (Å²) in [6.07, 6.45) is 2.25. The molecule has 2 rings (SSSR count). The summed E-state index contributed by atoms with van der Waals surface area (Å²) in [6, 6.07) is 0. The lowest BCUT2D eigenvalue weighted by Gasteiger charge is -2.12. The first-order chi connectivity index (χ1) is 6.58. The minimum absolute atomic E-state index is 0.286. The summed E-state index contributed by atoms with van der Waals surface area (Å²) in [5.41, 5.74) is 1.49. The van der Waals surface area contributed by atoms with Gasteiger partial charge in [0.1, 0.15) is 12.2 Å². The molecule has 2 heterocycles. The van der Waals surface area contributed by atoms with Crippen molar-refractivity contribution in [3.63, 3.8) is 0 Å². The molecule has 0 aliphatic carbocycles. The van der Waals surface area contributed by atoms with E-state index < -0.39 is 0 Å². The Morgan fingerprint density at radius 3 is 1.50 bits per heavy atom. The first-order valence-electron chi connectivity index (χ1n) is 4.42. The van der Waals surface area contributed by atoms with Crippen LogP contribution in [0, 0.1) is 0 Å². The third-order valence-electron chi connectivity index (χ3n) is 2.34. The highest BCUT2D eigenvalue weighted by Gasteiger charge is 2.32. The number of esters is 2. The van der Waals surface area contributed by atoms with E-state index in [4.69, 9.17) is 9.47 Å². The van der Waals surface area contributed by atoms with Crippen molar-refractivity contribution in [2.24, 2.45) is 0 Å². The van der Waals surface area contributed by atoms with Crippen LogP contribution in [0.25, 0.3) is 0 Å². The zero-order valence-electron chi connectivity index (χ0n) is 7.94. The predicted molar refractivity (Wildman–Crippen MR) is 47.3 cm³/mol. The van der Waals surface area contributed by atoms with E-state index in [9.17, 15) is 9.59 Å². The largest absolute Gasteiger partial charge is 0.455 e. The summed E-state index contributed by atoms with van der Waals surface area (Å²) in [5.74, 6) is -0.722. The molecule has 2 aliphatic rings. The van der Waals surface area contributed by atoms with Crippen LogP contribution in [0.5, 0.6) is 0 Å². The smallest absolute Gasteiger partial charge is 0.331 e. The van der Waals surface area contributed by atoms with E-state index in [1.165, 1.54) is 12.2 Å². The Kier molecular flexibility index (Phi) is 1.91. The predicted octanol–water partition coefficient (Wildman–Crippen LogP) is 0.730. The summed E-state index contributed by atoms with van der Waals surface area (Å²) in [5, 5.41) is 0. The molecule has 0 aromatic heterocycles. The summed E-state index contributed by atoms with van der Waals surface area (Å²) in [6.45, 7) is 3.54. The molecule has 0 bridgehead atoms. The molecular weight excluding hydrogens is 184 g/mol. The van der Waals surface area contributed by atoms with E-state index in [0.717, 1.165) is 11.1 Å². The third kappa shape index (κ3) is 1.32. The minimum atomic E-state index is -0.361. The molecule has 2 atom stereocenters. The molecule has 0 radical (unpaired) electrons. The summed E-state index contributed by atoms with van der Waals surface area (Å²) in [4.78, 5) is 21.9. The molecule has 0 fully saturated rings. The van der Waals surface area contributed by atoms with Crippen molar-refractivity contribution in [2.75, 3.05) is 0 Å².